The molecule has 0 atom stereocenters. The Kier molecular flexibility index (Phi) is 5.69. The second-order valence-electron chi connectivity index (χ2n) is 7.89. The van der Waals surface area contributed by atoms with Crippen molar-refractivity contribution in [2.45, 2.75) is 40.5 Å². The minimum absolute atomic E-state index is 0.0121. The number of likely N-dealkylation sites (tertiary alicyclic amines) is 1. The Morgan fingerprint density at radius 3 is 2.63 bits per heavy atom. The largest absolute Gasteiger partial charge is 0.494 e. The molecule has 1 aromatic heterocycles. The number of nitrogens with zero attached hydrogens (tertiary/aromatic N) is 2. The summed E-state index contributed by atoms with van der Waals surface area (Å²) < 4.78 is 6.50. The lowest BCUT2D eigenvalue weighted by Gasteiger charge is -2.35. The molecule has 6 nitrogen and oxygen atoms in total. The first-order chi connectivity index (χ1) is 12.8. The van der Waals surface area contributed by atoms with Crippen LogP contribution in [0.3, 0.4) is 0 Å². The summed E-state index contributed by atoms with van der Waals surface area (Å²) in [4.78, 5) is 31.3. The van der Waals surface area contributed by atoms with Crippen molar-refractivity contribution in [2.75, 3.05) is 25.0 Å². The molecule has 1 aliphatic heterocycles. The number of carbonyl (C=O) groups excluding carboxylic acids is 2. The van der Waals surface area contributed by atoms with Crippen LogP contribution in [0.25, 0.3) is 10.2 Å². The molecule has 1 aromatic carbocycles. The average Bonchev–Trinajstić information content (AvgIpc) is 3.02. The Morgan fingerprint density at radius 2 is 2.00 bits per heavy atom. The van der Waals surface area contributed by atoms with Gasteiger partial charge in [0.05, 0.1) is 16.8 Å². The van der Waals surface area contributed by atoms with Crippen molar-refractivity contribution in [1.29, 1.82) is 0 Å². The Hall–Kier alpha value is -2.15. The fourth-order valence-corrected chi connectivity index (χ4v) is 4.14. The summed E-state index contributed by atoms with van der Waals surface area (Å²) in [5.41, 5.74) is 0.473. The molecule has 0 aliphatic carbocycles. The number of hydrogen-bond donors (Lipinski definition) is 1. The highest BCUT2D eigenvalue weighted by Crippen LogP contribution is 2.30. The third kappa shape index (κ3) is 4.58. The van der Waals surface area contributed by atoms with Gasteiger partial charge in [-0.15, -0.1) is 0 Å². The van der Waals surface area contributed by atoms with E-state index < -0.39 is 0 Å². The van der Waals surface area contributed by atoms with Gasteiger partial charge in [0, 0.05) is 24.4 Å². The molecule has 0 spiro atoms. The summed E-state index contributed by atoms with van der Waals surface area (Å²) in [5.74, 6) is 0.863. The number of benzene rings is 1. The summed E-state index contributed by atoms with van der Waals surface area (Å²) in [5, 5.41) is 3.56. The first-order valence-corrected chi connectivity index (χ1v) is 10.2. The summed E-state index contributed by atoms with van der Waals surface area (Å²) in [6.45, 7) is 9.61. The van der Waals surface area contributed by atoms with Gasteiger partial charge in [0.15, 0.2) is 5.13 Å². The Bertz CT molecular complexity index is 833. The molecule has 3 rings (SSSR count). The number of rotatable bonds is 4. The minimum atomic E-state index is -0.379. The third-order valence-electron chi connectivity index (χ3n) is 4.70. The fraction of sp³-hybridized carbons (Fsp3) is 0.550. The van der Waals surface area contributed by atoms with Gasteiger partial charge in [0.1, 0.15) is 5.75 Å². The van der Waals surface area contributed by atoms with Crippen molar-refractivity contribution in [3.63, 3.8) is 0 Å². The number of ether oxygens (including phenoxy) is 1. The van der Waals surface area contributed by atoms with E-state index >= 15 is 0 Å². The van der Waals surface area contributed by atoms with E-state index in [0.717, 1.165) is 16.0 Å². The first kappa shape index (κ1) is 19.6. The lowest BCUT2D eigenvalue weighted by atomic mass is 9.91. The van der Waals surface area contributed by atoms with Gasteiger partial charge < -0.3 is 15.0 Å². The monoisotopic (exact) mass is 389 g/mol. The van der Waals surface area contributed by atoms with Gasteiger partial charge in [-0.1, -0.05) is 32.1 Å². The minimum Gasteiger partial charge on any atom is -0.494 e. The molecule has 27 heavy (non-hydrogen) atoms. The summed E-state index contributed by atoms with van der Waals surface area (Å²) in [6.07, 6.45) is 1.38. The number of thiazole rings is 1. The van der Waals surface area contributed by atoms with Crippen molar-refractivity contribution in [3.05, 3.63) is 18.2 Å². The number of amides is 2. The molecule has 0 radical (unpaired) electrons. The first-order valence-electron chi connectivity index (χ1n) is 9.41. The quantitative estimate of drug-likeness (QED) is 0.860. The van der Waals surface area contributed by atoms with E-state index in [2.05, 4.69) is 10.3 Å². The second kappa shape index (κ2) is 7.84. The molecular formula is C20H27N3O3S. The molecule has 2 aromatic rings. The van der Waals surface area contributed by atoms with Crippen LogP contribution in [0, 0.1) is 11.3 Å². The summed E-state index contributed by atoms with van der Waals surface area (Å²) in [7, 11) is 0. The number of piperidine rings is 1. The average molecular weight is 390 g/mol. The van der Waals surface area contributed by atoms with Crippen LogP contribution in [0.1, 0.15) is 40.5 Å². The van der Waals surface area contributed by atoms with Gasteiger partial charge in [-0.05, 0) is 38.0 Å². The lowest BCUT2D eigenvalue weighted by Crippen LogP contribution is -2.45. The normalized spacial score (nSPS) is 15.8. The zero-order chi connectivity index (χ0) is 19.6. The van der Waals surface area contributed by atoms with Gasteiger partial charge in [0.25, 0.3) is 0 Å². The molecule has 1 saturated heterocycles. The van der Waals surface area contributed by atoms with Gasteiger partial charge in [0.2, 0.25) is 11.8 Å². The summed E-state index contributed by atoms with van der Waals surface area (Å²) in [6, 6.07) is 5.74. The Balaban J connectivity index is 1.60. The highest BCUT2D eigenvalue weighted by Gasteiger charge is 2.32. The van der Waals surface area contributed by atoms with E-state index in [1.54, 1.807) is 0 Å². The van der Waals surface area contributed by atoms with Gasteiger partial charge in [-0.2, -0.15) is 0 Å². The smallest absolute Gasteiger partial charge is 0.229 e. The van der Waals surface area contributed by atoms with Gasteiger partial charge >= 0.3 is 0 Å². The van der Waals surface area contributed by atoms with Crippen molar-refractivity contribution in [1.82, 2.24) is 9.88 Å². The van der Waals surface area contributed by atoms with Crippen molar-refractivity contribution in [3.8, 4) is 5.75 Å². The van der Waals surface area contributed by atoms with Crippen LogP contribution in [0.15, 0.2) is 18.2 Å². The Morgan fingerprint density at radius 1 is 1.30 bits per heavy atom. The molecule has 1 aliphatic rings. The second-order valence-corrected chi connectivity index (χ2v) is 8.92. The maximum atomic E-state index is 12.6. The van der Waals surface area contributed by atoms with Crippen molar-refractivity contribution < 1.29 is 14.3 Å². The molecule has 0 bridgehead atoms. The summed E-state index contributed by atoms with van der Waals surface area (Å²) >= 11 is 1.45. The maximum absolute atomic E-state index is 12.6. The van der Waals surface area contributed by atoms with Crippen LogP contribution in [0.5, 0.6) is 5.75 Å². The van der Waals surface area contributed by atoms with Gasteiger partial charge in [-0.3, -0.25) is 9.59 Å². The van der Waals surface area contributed by atoms with Crippen LogP contribution in [0.4, 0.5) is 5.13 Å². The molecule has 7 heteroatoms. The number of anilines is 1. The fourth-order valence-electron chi connectivity index (χ4n) is 3.24. The predicted octanol–water partition coefficient (Wildman–Crippen LogP) is 3.92. The van der Waals surface area contributed by atoms with E-state index in [-0.39, 0.29) is 23.1 Å². The number of aromatic nitrogens is 1. The number of hydrogen-bond acceptors (Lipinski definition) is 5. The Labute approximate surface area is 163 Å². The molecule has 1 fully saturated rings. The molecule has 0 saturated carbocycles. The molecular weight excluding hydrogens is 362 g/mol. The van der Waals surface area contributed by atoms with E-state index in [0.29, 0.717) is 37.7 Å². The van der Waals surface area contributed by atoms with E-state index in [4.69, 9.17) is 4.74 Å². The molecule has 2 heterocycles. The van der Waals surface area contributed by atoms with E-state index in [9.17, 15) is 9.59 Å². The highest BCUT2D eigenvalue weighted by molar-refractivity contribution is 7.22. The standard InChI is InChI=1S/C20H27N3O3S/c1-5-26-14-6-7-15-16(12-14)27-19(21-15)22-17(24)13-8-10-23(11-9-13)18(25)20(2,3)4/h6-7,12-13H,5,8-11H2,1-4H3,(H,21,22,24). The van der Waals surface area contributed by atoms with Gasteiger partial charge in [-0.25, -0.2) is 4.98 Å². The number of nitrogens with one attached hydrogen (secondary N) is 1. The maximum Gasteiger partial charge on any atom is 0.229 e. The number of fused-ring (bicyclic) bond motifs is 1. The molecule has 0 unspecified atom stereocenters. The van der Waals surface area contributed by atoms with E-state index in [1.165, 1.54) is 11.3 Å². The van der Waals surface area contributed by atoms with Crippen LogP contribution in [0.2, 0.25) is 0 Å². The van der Waals surface area contributed by atoms with Crippen LogP contribution < -0.4 is 10.1 Å². The zero-order valence-corrected chi connectivity index (χ0v) is 17.2. The van der Waals surface area contributed by atoms with Crippen molar-refractivity contribution in [2.24, 2.45) is 11.3 Å². The molecule has 2 amide bonds. The zero-order valence-electron chi connectivity index (χ0n) is 16.4. The topological polar surface area (TPSA) is 71.5 Å². The molecule has 1 N–H and O–H groups in total. The van der Waals surface area contributed by atoms with Crippen LogP contribution in [-0.2, 0) is 9.59 Å². The highest BCUT2D eigenvalue weighted by atomic mass is 32.1. The van der Waals surface area contributed by atoms with E-state index in [1.807, 2.05) is 50.8 Å². The third-order valence-corrected chi connectivity index (χ3v) is 5.63. The lowest BCUT2D eigenvalue weighted by molar-refractivity contribution is -0.142. The van der Waals surface area contributed by atoms with Crippen LogP contribution in [-0.4, -0.2) is 41.4 Å². The predicted molar refractivity (Wildman–Crippen MR) is 108 cm³/mol. The number of carbonyl (C=O) groups is 2. The molecule has 146 valence electrons. The van der Waals surface area contributed by atoms with Crippen LogP contribution >= 0.6 is 11.3 Å². The van der Waals surface area contributed by atoms with Crippen molar-refractivity contribution >= 4 is 38.5 Å². The SMILES string of the molecule is CCOc1ccc2nc(NC(=O)C3CCN(C(=O)C(C)(C)C)CC3)sc2c1.